The lowest BCUT2D eigenvalue weighted by Gasteiger charge is -2.16. The second-order valence-electron chi connectivity index (χ2n) is 4.45. The average molecular weight is 267 g/mol. The molecule has 5 heteroatoms. The number of phenolic OH excluding ortho intramolecular Hbond substituents is 1. The van der Waals surface area contributed by atoms with E-state index in [4.69, 9.17) is 4.74 Å². The number of hydrogen-bond acceptors (Lipinski definition) is 4. The number of amides is 1. The maximum Gasteiger partial charge on any atom is 0.223 e. The van der Waals surface area contributed by atoms with Crippen LogP contribution in [0.2, 0.25) is 0 Å². The first-order valence-electron chi connectivity index (χ1n) is 5.92. The predicted octanol–water partition coefficient (Wildman–Crippen LogP) is 1.47. The maximum absolute atomic E-state index is 11.6. The summed E-state index contributed by atoms with van der Waals surface area (Å²) in [7, 11) is 1.52. The van der Waals surface area contributed by atoms with E-state index in [2.05, 4.69) is 12.6 Å². The molecule has 0 spiro atoms. The lowest BCUT2D eigenvalue weighted by molar-refractivity contribution is -0.127. The zero-order valence-electron chi connectivity index (χ0n) is 10.3. The van der Waals surface area contributed by atoms with Crippen LogP contribution in [0.3, 0.4) is 0 Å². The van der Waals surface area contributed by atoms with Crippen LogP contribution in [0.1, 0.15) is 12.0 Å². The van der Waals surface area contributed by atoms with Crippen LogP contribution in [-0.2, 0) is 11.2 Å². The fourth-order valence-electron chi connectivity index (χ4n) is 2.12. The molecule has 1 saturated heterocycles. The highest BCUT2D eigenvalue weighted by molar-refractivity contribution is 7.81. The lowest BCUT2D eigenvalue weighted by atomic mass is 10.1. The number of ether oxygens (including phenoxy) is 1. The molecule has 1 amide bonds. The second-order valence-corrected chi connectivity index (χ2v) is 5.18. The Labute approximate surface area is 112 Å². The van der Waals surface area contributed by atoms with Gasteiger partial charge in [-0.05, 0) is 24.1 Å². The summed E-state index contributed by atoms with van der Waals surface area (Å²) in [5.74, 6) is 0.758. The number of nitrogens with zero attached hydrogens (tertiary/aromatic N) is 1. The number of phenols is 1. The molecule has 1 aromatic carbocycles. The van der Waals surface area contributed by atoms with Crippen LogP contribution in [0, 0.1) is 0 Å². The number of aromatic hydroxyl groups is 1. The van der Waals surface area contributed by atoms with Crippen molar-refractivity contribution in [2.45, 2.75) is 18.1 Å². The summed E-state index contributed by atoms with van der Waals surface area (Å²) in [4.78, 5) is 13.4. The quantitative estimate of drug-likeness (QED) is 0.812. The summed E-state index contributed by atoms with van der Waals surface area (Å²) in [6, 6.07) is 5.31. The van der Waals surface area contributed by atoms with E-state index in [9.17, 15) is 9.90 Å². The lowest BCUT2D eigenvalue weighted by Crippen LogP contribution is -2.27. The van der Waals surface area contributed by atoms with Gasteiger partial charge in [0.15, 0.2) is 11.5 Å². The van der Waals surface area contributed by atoms with Gasteiger partial charge in [-0.25, -0.2) is 0 Å². The minimum atomic E-state index is 0.134. The minimum absolute atomic E-state index is 0.134. The summed E-state index contributed by atoms with van der Waals surface area (Å²) in [6.07, 6.45) is 1.25. The van der Waals surface area contributed by atoms with Gasteiger partial charge in [0, 0.05) is 24.8 Å². The third-order valence-electron chi connectivity index (χ3n) is 3.11. The van der Waals surface area contributed by atoms with E-state index in [1.54, 1.807) is 12.1 Å². The Morgan fingerprint density at radius 3 is 2.89 bits per heavy atom. The zero-order chi connectivity index (χ0) is 13.1. The molecule has 1 aliphatic heterocycles. The maximum atomic E-state index is 11.6. The largest absolute Gasteiger partial charge is 0.504 e. The Bertz CT molecular complexity index is 450. The Hall–Kier alpha value is -1.36. The fourth-order valence-corrected chi connectivity index (χ4v) is 2.48. The van der Waals surface area contributed by atoms with Crippen molar-refractivity contribution in [2.24, 2.45) is 0 Å². The number of carbonyl (C=O) groups is 1. The molecule has 18 heavy (non-hydrogen) atoms. The van der Waals surface area contributed by atoms with E-state index in [-0.39, 0.29) is 16.9 Å². The highest BCUT2D eigenvalue weighted by atomic mass is 32.1. The van der Waals surface area contributed by atoms with Gasteiger partial charge in [0.25, 0.3) is 0 Å². The van der Waals surface area contributed by atoms with Crippen molar-refractivity contribution in [1.82, 2.24) is 4.90 Å². The molecule has 1 N–H and O–H groups in total. The van der Waals surface area contributed by atoms with Gasteiger partial charge in [-0.3, -0.25) is 4.79 Å². The van der Waals surface area contributed by atoms with Gasteiger partial charge >= 0.3 is 0 Å². The molecule has 1 aromatic rings. The van der Waals surface area contributed by atoms with E-state index < -0.39 is 0 Å². The zero-order valence-corrected chi connectivity index (χ0v) is 11.2. The van der Waals surface area contributed by atoms with Crippen LogP contribution < -0.4 is 4.74 Å². The van der Waals surface area contributed by atoms with Gasteiger partial charge in [0.05, 0.1) is 7.11 Å². The van der Waals surface area contributed by atoms with E-state index >= 15 is 0 Å². The normalized spacial score (nSPS) is 19.3. The molecule has 2 rings (SSSR count). The van der Waals surface area contributed by atoms with Gasteiger partial charge in [-0.15, -0.1) is 0 Å². The molecule has 98 valence electrons. The first-order chi connectivity index (χ1) is 8.60. The van der Waals surface area contributed by atoms with Crippen LogP contribution in [-0.4, -0.2) is 41.4 Å². The number of benzene rings is 1. The van der Waals surface area contributed by atoms with Gasteiger partial charge in [-0.1, -0.05) is 6.07 Å². The molecule has 1 atom stereocenters. The fraction of sp³-hybridized carbons (Fsp3) is 0.462. The third-order valence-corrected chi connectivity index (χ3v) is 3.45. The molecule has 0 aliphatic carbocycles. The van der Waals surface area contributed by atoms with Gasteiger partial charge in [0.1, 0.15) is 0 Å². The van der Waals surface area contributed by atoms with Crippen LogP contribution in [0.25, 0.3) is 0 Å². The van der Waals surface area contributed by atoms with Gasteiger partial charge < -0.3 is 14.7 Å². The summed E-state index contributed by atoms with van der Waals surface area (Å²) in [5.41, 5.74) is 0.990. The number of carbonyl (C=O) groups excluding carboxylic acids is 1. The minimum Gasteiger partial charge on any atom is -0.504 e. The number of methoxy groups -OCH3 is 1. The van der Waals surface area contributed by atoms with E-state index in [1.807, 2.05) is 11.0 Å². The number of hydrogen-bond donors (Lipinski definition) is 2. The molecule has 4 nitrogen and oxygen atoms in total. The van der Waals surface area contributed by atoms with E-state index in [1.165, 1.54) is 7.11 Å². The number of likely N-dealkylation sites (tertiary alicyclic amines) is 1. The van der Waals surface area contributed by atoms with Crippen molar-refractivity contribution in [3.05, 3.63) is 23.8 Å². The highest BCUT2D eigenvalue weighted by Crippen LogP contribution is 2.26. The van der Waals surface area contributed by atoms with Crippen molar-refractivity contribution in [1.29, 1.82) is 0 Å². The van der Waals surface area contributed by atoms with Crippen LogP contribution in [0.5, 0.6) is 11.5 Å². The molecule has 1 unspecified atom stereocenters. The number of rotatable bonds is 4. The summed E-state index contributed by atoms with van der Waals surface area (Å²) < 4.78 is 4.98. The highest BCUT2D eigenvalue weighted by Gasteiger charge is 2.26. The molecule has 0 aromatic heterocycles. The monoisotopic (exact) mass is 267 g/mol. The Kier molecular flexibility index (Phi) is 4.01. The molecule has 0 saturated carbocycles. The average Bonchev–Trinajstić information content (AvgIpc) is 2.65. The smallest absolute Gasteiger partial charge is 0.223 e. The first kappa shape index (κ1) is 13.1. The van der Waals surface area contributed by atoms with Crippen LogP contribution in [0.15, 0.2) is 18.2 Å². The Morgan fingerprint density at radius 1 is 1.56 bits per heavy atom. The second kappa shape index (κ2) is 5.52. The van der Waals surface area contributed by atoms with E-state index in [0.29, 0.717) is 25.3 Å². The van der Waals surface area contributed by atoms with E-state index in [0.717, 1.165) is 12.0 Å². The summed E-state index contributed by atoms with van der Waals surface area (Å²) >= 11 is 4.31. The van der Waals surface area contributed by atoms with Crippen molar-refractivity contribution in [3.63, 3.8) is 0 Å². The summed E-state index contributed by atoms with van der Waals surface area (Å²) in [5, 5.41) is 9.81. The van der Waals surface area contributed by atoms with Crippen molar-refractivity contribution < 1.29 is 14.6 Å². The summed E-state index contributed by atoms with van der Waals surface area (Å²) in [6.45, 7) is 1.38. The predicted molar refractivity (Wildman–Crippen MR) is 72.3 cm³/mol. The number of thiol groups is 1. The van der Waals surface area contributed by atoms with Crippen molar-refractivity contribution >= 4 is 18.5 Å². The van der Waals surface area contributed by atoms with Gasteiger partial charge in [-0.2, -0.15) is 12.6 Å². The molecule has 1 heterocycles. The first-order valence-corrected chi connectivity index (χ1v) is 6.43. The Balaban J connectivity index is 1.94. The third kappa shape index (κ3) is 2.90. The molecular weight excluding hydrogens is 250 g/mol. The molecule has 1 fully saturated rings. The van der Waals surface area contributed by atoms with Crippen molar-refractivity contribution in [2.75, 3.05) is 20.2 Å². The Morgan fingerprint density at radius 2 is 2.33 bits per heavy atom. The SMILES string of the molecule is COc1ccc(CCN2CC(S)CC2=O)cc1O. The molecular formula is C13H17NO3S. The standard InChI is InChI=1S/C13H17NO3S/c1-17-12-3-2-9(6-11(12)15)4-5-14-8-10(18)7-13(14)16/h2-3,6,10,15,18H,4-5,7-8H2,1H3. The van der Waals surface area contributed by atoms with Crippen molar-refractivity contribution in [3.8, 4) is 11.5 Å². The van der Waals surface area contributed by atoms with Crippen LogP contribution in [0.4, 0.5) is 0 Å². The van der Waals surface area contributed by atoms with Crippen LogP contribution >= 0.6 is 12.6 Å². The molecule has 0 bridgehead atoms. The molecule has 0 radical (unpaired) electrons. The van der Waals surface area contributed by atoms with Gasteiger partial charge in [0.2, 0.25) is 5.91 Å². The molecule has 1 aliphatic rings. The topological polar surface area (TPSA) is 49.8 Å².